The Morgan fingerprint density at radius 1 is 1.06 bits per heavy atom. The van der Waals surface area contributed by atoms with E-state index in [2.05, 4.69) is 30.4 Å². The van der Waals surface area contributed by atoms with E-state index in [9.17, 15) is 0 Å². The van der Waals surface area contributed by atoms with Gasteiger partial charge in [-0.2, -0.15) is 0 Å². The molecular formula is C16H23N. The lowest BCUT2D eigenvalue weighted by molar-refractivity contribution is 0.339. The molecule has 17 heavy (non-hydrogen) atoms. The number of aryl methyl sites for hydroxylation is 2. The highest BCUT2D eigenvalue weighted by molar-refractivity contribution is 5.37. The molecule has 0 aromatic heterocycles. The van der Waals surface area contributed by atoms with Crippen LogP contribution in [0.5, 0.6) is 0 Å². The summed E-state index contributed by atoms with van der Waals surface area (Å²) in [5, 5.41) is 3.55. The Bertz CT molecular complexity index is 402. The van der Waals surface area contributed by atoms with Crippen molar-refractivity contribution in [2.75, 3.05) is 13.1 Å². The molecule has 1 unspecified atom stereocenters. The van der Waals surface area contributed by atoms with Crippen LogP contribution in [0.15, 0.2) is 18.2 Å². The average molecular weight is 229 g/mol. The second kappa shape index (κ2) is 4.45. The lowest BCUT2D eigenvalue weighted by atomic mass is 9.75. The maximum atomic E-state index is 3.55. The molecule has 1 saturated heterocycles. The minimum atomic E-state index is 0.366. The third-order valence-electron chi connectivity index (χ3n) is 4.64. The summed E-state index contributed by atoms with van der Waals surface area (Å²) < 4.78 is 0. The van der Waals surface area contributed by atoms with Crippen LogP contribution in [0.1, 0.15) is 49.3 Å². The largest absolute Gasteiger partial charge is 0.316 e. The maximum absolute atomic E-state index is 3.55. The molecule has 0 radical (unpaired) electrons. The molecule has 1 N–H and O–H groups in total. The molecule has 92 valence electrons. The lowest BCUT2D eigenvalue weighted by Crippen LogP contribution is -2.41. The Balaban J connectivity index is 1.92. The first-order valence-corrected chi connectivity index (χ1v) is 7.11. The first-order chi connectivity index (χ1) is 8.28. The number of rotatable bonds is 1. The second-order valence-corrected chi connectivity index (χ2v) is 6.03. The van der Waals surface area contributed by atoms with Crippen LogP contribution >= 0.6 is 0 Å². The molecule has 0 saturated carbocycles. The highest BCUT2D eigenvalue weighted by atomic mass is 14.9. The van der Waals surface area contributed by atoms with Gasteiger partial charge in [-0.05, 0) is 61.8 Å². The van der Waals surface area contributed by atoms with Gasteiger partial charge in [0.15, 0.2) is 0 Å². The van der Waals surface area contributed by atoms with Gasteiger partial charge < -0.3 is 5.32 Å². The molecule has 0 bridgehead atoms. The van der Waals surface area contributed by atoms with Crippen molar-refractivity contribution in [2.45, 2.75) is 50.9 Å². The number of nitrogens with one attached hydrogen (secondary N) is 1. The average Bonchev–Trinajstić information content (AvgIpc) is 2.39. The van der Waals surface area contributed by atoms with Crippen molar-refractivity contribution in [3.05, 3.63) is 34.9 Å². The van der Waals surface area contributed by atoms with Gasteiger partial charge >= 0.3 is 0 Å². The minimum absolute atomic E-state index is 0.366. The van der Waals surface area contributed by atoms with Crippen molar-refractivity contribution < 1.29 is 0 Å². The van der Waals surface area contributed by atoms with E-state index in [1.54, 1.807) is 16.7 Å². The zero-order valence-corrected chi connectivity index (χ0v) is 10.9. The van der Waals surface area contributed by atoms with Crippen LogP contribution in [0.4, 0.5) is 0 Å². The zero-order chi connectivity index (χ0) is 11.7. The molecule has 0 spiro atoms. The fourth-order valence-electron chi connectivity index (χ4n) is 3.41. The van der Waals surface area contributed by atoms with Crippen LogP contribution in [0.3, 0.4) is 0 Å². The SMILES string of the molecule is CC1(c2ccc3c(c2)CCCC3)CCCNC1. The number of hydrogen-bond donors (Lipinski definition) is 1. The monoisotopic (exact) mass is 229 g/mol. The summed E-state index contributed by atoms with van der Waals surface area (Å²) in [6, 6.07) is 7.28. The van der Waals surface area contributed by atoms with E-state index < -0.39 is 0 Å². The molecule has 1 aliphatic carbocycles. The molecule has 1 nitrogen and oxygen atoms in total. The summed E-state index contributed by atoms with van der Waals surface area (Å²) in [5.74, 6) is 0. The first kappa shape index (κ1) is 11.3. The van der Waals surface area contributed by atoms with E-state index in [1.165, 1.54) is 45.1 Å². The van der Waals surface area contributed by atoms with Gasteiger partial charge in [0.2, 0.25) is 0 Å². The van der Waals surface area contributed by atoms with Gasteiger partial charge in [-0.1, -0.05) is 25.1 Å². The fourth-order valence-corrected chi connectivity index (χ4v) is 3.41. The molecule has 0 amide bonds. The van der Waals surface area contributed by atoms with Crippen molar-refractivity contribution >= 4 is 0 Å². The summed E-state index contributed by atoms with van der Waals surface area (Å²) in [5.41, 5.74) is 5.16. The summed E-state index contributed by atoms with van der Waals surface area (Å²) >= 11 is 0. The Kier molecular flexibility index (Phi) is 2.96. The van der Waals surface area contributed by atoms with E-state index >= 15 is 0 Å². The molecule has 1 heteroatoms. The maximum Gasteiger partial charge on any atom is 0.00501 e. The van der Waals surface area contributed by atoms with E-state index in [0.717, 1.165) is 6.54 Å². The van der Waals surface area contributed by atoms with Gasteiger partial charge in [0.05, 0.1) is 0 Å². The zero-order valence-electron chi connectivity index (χ0n) is 10.9. The Morgan fingerprint density at radius 3 is 2.65 bits per heavy atom. The molecule has 3 rings (SSSR count). The number of fused-ring (bicyclic) bond motifs is 1. The molecule has 1 aromatic rings. The second-order valence-electron chi connectivity index (χ2n) is 6.03. The van der Waals surface area contributed by atoms with Crippen molar-refractivity contribution in [1.29, 1.82) is 0 Å². The number of benzene rings is 1. The highest BCUT2D eigenvalue weighted by Crippen LogP contribution is 2.33. The quantitative estimate of drug-likeness (QED) is 0.779. The smallest absolute Gasteiger partial charge is 0.00501 e. The van der Waals surface area contributed by atoms with E-state index in [0.29, 0.717) is 5.41 Å². The first-order valence-electron chi connectivity index (χ1n) is 7.11. The van der Waals surface area contributed by atoms with Crippen LogP contribution in [0.2, 0.25) is 0 Å². The number of hydrogen-bond acceptors (Lipinski definition) is 1. The molecule has 1 fully saturated rings. The Hall–Kier alpha value is -0.820. The third-order valence-corrected chi connectivity index (χ3v) is 4.64. The summed E-state index contributed by atoms with van der Waals surface area (Å²) in [6.07, 6.45) is 8.00. The lowest BCUT2D eigenvalue weighted by Gasteiger charge is -2.35. The van der Waals surface area contributed by atoms with Crippen LogP contribution in [0.25, 0.3) is 0 Å². The van der Waals surface area contributed by atoms with Gasteiger partial charge in [0.25, 0.3) is 0 Å². The molecule has 1 heterocycles. The van der Waals surface area contributed by atoms with Crippen LogP contribution < -0.4 is 5.32 Å². The number of piperidine rings is 1. The summed E-state index contributed by atoms with van der Waals surface area (Å²) in [4.78, 5) is 0. The van der Waals surface area contributed by atoms with Gasteiger partial charge in [0, 0.05) is 12.0 Å². The Labute approximate surface area is 105 Å². The van der Waals surface area contributed by atoms with Crippen LogP contribution in [-0.2, 0) is 18.3 Å². The highest BCUT2D eigenvalue weighted by Gasteiger charge is 2.29. The normalized spacial score (nSPS) is 28.8. The minimum Gasteiger partial charge on any atom is -0.316 e. The van der Waals surface area contributed by atoms with Crippen LogP contribution in [0, 0.1) is 0 Å². The fraction of sp³-hybridized carbons (Fsp3) is 0.625. The van der Waals surface area contributed by atoms with Crippen molar-refractivity contribution in [3.63, 3.8) is 0 Å². The van der Waals surface area contributed by atoms with E-state index in [4.69, 9.17) is 0 Å². The van der Waals surface area contributed by atoms with Crippen molar-refractivity contribution in [3.8, 4) is 0 Å². The van der Waals surface area contributed by atoms with Gasteiger partial charge in [-0.25, -0.2) is 0 Å². The summed E-state index contributed by atoms with van der Waals surface area (Å²) in [6.45, 7) is 4.76. The molecule has 1 aliphatic heterocycles. The molecule has 1 atom stereocenters. The standard InChI is InChI=1S/C16H23N/c1-16(9-4-10-17-12-16)15-8-7-13-5-2-3-6-14(13)11-15/h7-8,11,17H,2-6,9-10,12H2,1H3. The van der Waals surface area contributed by atoms with Gasteiger partial charge in [-0.15, -0.1) is 0 Å². The van der Waals surface area contributed by atoms with E-state index in [1.807, 2.05) is 0 Å². The molecule has 2 aliphatic rings. The van der Waals surface area contributed by atoms with Gasteiger partial charge in [-0.3, -0.25) is 0 Å². The van der Waals surface area contributed by atoms with Crippen molar-refractivity contribution in [2.24, 2.45) is 0 Å². The molecule has 1 aromatic carbocycles. The predicted molar refractivity (Wildman–Crippen MR) is 72.5 cm³/mol. The Morgan fingerprint density at radius 2 is 1.88 bits per heavy atom. The van der Waals surface area contributed by atoms with Crippen molar-refractivity contribution in [1.82, 2.24) is 5.32 Å². The molecular weight excluding hydrogens is 206 g/mol. The third kappa shape index (κ3) is 2.13. The van der Waals surface area contributed by atoms with Gasteiger partial charge in [0.1, 0.15) is 0 Å². The van der Waals surface area contributed by atoms with Crippen LogP contribution in [-0.4, -0.2) is 13.1 Å². The predicted octanol–water partition coefficient (Wildman–Crippen LogP) is 3.21. The topological polar surface area (TPSA) is 12.0 Å². The van der Waals surface area contributed by atoms with E-state index in [-0.39, 0.29) is 0 Å². The summed E-state index contributed by atoms with van der Waals surface area (Å²) in [7, 11) is 0.